The van der Waals surface area contributed by atoms with E-state index in [1.807, 2.05) is 6.92 Å². The fraction of sp³-hybridized carbons (Fsp3) is 0.519. The van der Waals surface area contributed by atoms with Crippen LogP contribution < -0.4 is 10.9 Å². The number of unbranched alkanes of at least 4 members (excludes halogenated alkanes) is 2. The Morgan fingerprint density at radius 3 is 2.54 bits per heavy atom. The fourth-order valence-electron chi connectivity index (χ4n) is 3.70. The molecule has 0 fully saturated rings. The number of amides is 1. The molecule has 0 aromatic carbocycles. The lowest BCUT2D eigenvalue weighted by Crippen LogP contribution is -2.21. The number of alkyl carbamates (subject to hydrolysis) is 1. The number of thiophene rings is 1. The summed E-state index contributed by atoms with van der Waals surface area (Å²) in [6, 6.07) is 5.64. The molecule has 0 spiro atoms. The number of carbonyl (C=O) groups is 2. The number of allylic oxidation sites excluding steroid dienone is 1. The second kappa shape index (κ2) is 14.5. The third-order valence-corrected chi connectivity index (χ3v) is 7.17. The molecule has 2 aromatic rings. The van der Waals surface area contributed by atoms with Crippen LogP contribution in [0.2, 0.25) is 0 Å². The van der Waals surface area contributed by atoms with Crippen molar-refractivity contribution in [3.05, 3.63) is 62.0 Å². The van der Waals surface area contributed by atoms with E-state index in [4.69, 9.17) is 4.42 Å². The summed E-state index contributed by atoms with van der Waals surface area (Å²) in [5, 5.41) is 12.9. The minimum Gasteiger partial charge on any atom is -0.507 e. The van der Waals surface area contributed by atoms with Crippen LogP contribution >= 0.6 is 11.3 Å². The zero-order chi connectivity index (χ0) is 25.8. The molecule has 2 atom stereocenters. The lowest BCUT2D eigenvalue weighted by molar-refractivity contribution is 0.0916. The first kappa shape index (κ1) is 28.4. The van der Waals surface area contributed by atoms with Gasteiger partial charge in [-0.25, -0.2) is 9.59 Å². The molecule has 8 heteroatoms. The molecule has 0 aliphatic heterocycles. The Bertz CT molecular complexity index is 1050. The van der Waals surface area contributed by atoms with Crippen LogP contribution in [-0.2, 0) is 17.6 Å². The van der Waals surface area contributed by atoms with Gasteiger partial charge in [-0.15, -0.1) is 11.3 Å². The molecular weight excluding hydrogens is 466 g/mol. The summed E-state index contributed by atoms with van der Waals surface area (Å²) < 4.78 is 9.87. The quantitative estimate of drug-likeness (QED) is 0.230. The summed E-state index contributed by atoms with van der Waals surface area (Å²) in [5.74, 6) is -0.988. The van der Waals surface area contributed by atoms with Gasteiger partial charge in [0, 0.05) is 33.9 Å². The maximum atomic E-state index is 12.9. The second-order valence-corrected chi connectivity index (χ2v) is 10.1. The maximum Gasteiger partial charge on any atom is 0.410 e. The van der Waals surface area contributed by atoms with E-state index in [1.165, 1.54) is 48.4 Å². The standard InChI is InChI=1S/C27H37NO6S/c1-5-6-7-11-20-14-15-21(35-20)13-12-19(3)25(30)24-22(29)17-23(34-26(24)31)18(2)10-8-9-16-28-27(32)33-4/h9,14-19,29H,5-8,10-13H2,1-4H3,(H,28,32)/b16-9+. The number of carbonyl (C=O) groups excluding carboxylic acids is 2. The highest BCUT2D eigenvalue weighted by Crippen LogP contribution is 2.27. The first-order chi connectivity index (χ1) is 16.8. The Labute approximate surface area is 211 Å². The number of nitrogens with one attached hydrogen (secondary N) is 1. The Kier molecular flexibility index (Phi) is 11.8. The molecule has 1 amide bonds. The summed E-state index contributed by atoms with van der Waals surface area (Å²) in [5.41, 5.74) is -1.08. The van der Waals surface area contributed by atoms with Crippen molar-refractivity contribution in [3.8, 4) is 5.75 Å². The van der Waals surface area contributed by atoms with E-state index >= 15 is 0 Å². The maximum absolute atomic E-state index is 12.9. The molecule has 0 saturated carbocycles. The molecule has 7 nitrogen and oxygen atoms in total. The number of aryl methyl sites for hydroxylation is 2. The number of ether oxygens (including phenoxy) is 1. The van der Waals surface area contributed by atoms with Gasteiger partial charge in [-0.05, 0) is 50.7 Å². The topological polar surface area (TPSA) is 106 Å². The van der Waals surface area contributed by atoms with Crippen molar-refractivity contribution in [1.82, 2.24) is 5.32 Å². The van der Waals surface area contributed by atoms with Gasteiger partial charge in [-0.1, -0.05) is 39.7 Å². The van der Waals surface area contributed by atoms with E-state index < -0.39 is 23.4 Å². The van der Waals surface area contributed by atoms with Crippen molar-refractivity contribution in [2.75, 3.05) is 7.11 Å². The number of aromatic hydroxyl groups is 1. The number of ketones is 1. The molecule has 0 saturated heterocycles. The predicted molar refractivity (Wildman–Crippen MR) is 138 cm³/mol. The predicted octanol–water partition coefficient (Wildman–Crippen LogP) is 6.34. The first-order valence-electron chi connectivity index (χ1n) is 12.2. The SMILES string of the molecule is CCCCCc1ccc(CCC(C)C(=O)c2c(O)cc(C(C)CC/C=C/NC(=O)OC)oc2=O)s1. The van der Waals surface area contributed by atoms with Crippen LogP contribution in [0.25, 0.3) is 0 Å². The van der Waals surface area contributed by atoms with Crippen molar-refractivity contribution in [1.29, 1.82) is 0 Å². The summed E-state index contributed by atoms with van der Waals surface area (Å²) >= 11 is 1.78. The van der Waals surface area contributed by atoms with Gasteiger partial charge in [0.15, 0.2) is 5.78 Å². The molecule has 0 aliphatic rings. The zero-order valence-corrected chi connectivity index (χ0v) is 21.9. The fourth-order valence-corrected chi connectivity index (χ4v) is 4.78. The number of rotatable bonds is 14. The van der Waals surface area contributed by atoms with Crippen molar-refractivity contribution in [3.63, 3.8) is 0 Å². The Morgan fingerprint density at radius 2 is 1.89 bits per heavy atom. The Hall–Kier alpha value is -2.87. The van der Waals surface area contributed by atoms with Gasteiger partial charge in [0.25, 0.3) is 0 Å². The van der Waals surface area contributed by atoms with Crippen LogP contribution in [-0.4, -0.2) is 24.1 Å². The average Bonchev–Trinajstić information content (AvgIpc) is 3.29. The second-order valence-electron chi connectivity index (χ2n) is 8.84. The third-order valence-electron chi connectivity index (χ3n) is 5.97. The van der Waals surface area contributed by atoms with Gasteiger partial charge in [-0.2, -0.15) is 0 Å². The molecule has 2 aromatic heterocycles. The largest absolute Gasteiger partial charge is 0.507 e. The summed E-state index contributed by atoms with van der Waals surface area (Å²) in [6.07, 6.45) is 9.98. The van der Waals surface area contributed by atoms with E-state index in [1.54, 1.807) is 24.3 Å². The molecule has 2 heterocycles. The number of hydrogen-bond donors (Lipinski definition) is 2. The highest BCUT2D eigenvalue weighted by molar-refractivity contribution is 7.11. The van der Waals surface area contributed by atoms with E-state index in [0.717, 1.165) is 12.8 Å². The lowest BCUT2D eigenvalue weighted by Gasteiger charge is -2.13. The van der Waals surface area contributed by atoms with Gasteiger partial charge < -0.3 is 14.3 Å². The molecule has 2 N–H and O–H groups in total. The highest BCUT2D eigenvalue weighted by atomic mass is 32.1. The summed E-state index contributed by atoms with van der Waals surface area (Å²) in [4.78, 5) is 39.1. The van der Waals surface area contributed by atoms with Gasteiger partial charge >= 0.3 is 11.7 Å². The van der Waals surface area contributed by atoms with Crippen LogP contribution in [0.3, 0.4) is 0 Å². The highest BCUT2D eigenvalue weighted by Gasteiger charge is 2.25. The molecule has 192 valence electrons. The minimum absolute atomic E-state index is 0.164. The summed E-state index contributed by atoms with van der Waals surface area (Å²) in [7, 11) is 1.28. The van der Waals surface area contributed by atoms with E-state index in [0.29, 0.717) is 25.0 Å². The summed E-state index contributed by atoms with van der Waals surface area (Å²) in [6.45, 7) is 5.83. The van der Waals surface area contributed by atoms with Gasteiger partial charge in [0.1, 0.15) is 17.1 Å². The number of hydrogen-bond acceptors (Lipinski definition) is 7. The van der Waals surface area contributed by atoms with Crippen molar-refractivity contribution in [2.24, 2.45) is 5.92 Å². The molecule has 35 heavy (non-hydrogen) atoms. The molecule has 0 radical (unpaired) electrons. The van der Waals surface area contributed by atoms with Crippen LogP contribution in [0, 0.1) is 5.92 Å². The number of methoxy groups -OCH3 is 1. The van der Waals surface area contributed by atoms with E-state index in [-0.39, 0.29) is 17.2 Å². The van der Waals surface area contributed by atoms with Crippen LogP contribution in [0.15, 0.2) is 39.7 Å². The van der Waals surface area contributed by atoms with E-state index in [2.05, 4.69) is 29.1 Å². The van der Waals surface area contributed by atoms with Gasteiger partial charge in [-0.3, -0.25) is 10.1 Å². The van der Waals surface area contributed by atoms with Crippen LogP contribution in [0.4, 0.5) is 4.79 Å². The molecular formula is C27H37NO6S. The van der Waals surface area contributed by atoms with Gasteiger partial charge in [0.05, 0.1) is 7.11 Å². The molecule has 0 aliphatic carbocycles. The lowest BCUT2D eigenvalue weighted by atomic mass is 9.94. The molecule has 2 unspecified atom stereocenters. The number of Topliss-reactive ketones (excluding diaryl/α,β-unsaturated/α-hetero) is 1. The van der Waals surface area contributed by atoms with Crippen LogP contribution in [0.1, 0.15) is 91.1 Å². The Morgan fingerprint density at radius 1 is 1.17 bits per heavy atom. The minimum atomic E-state index is -0.805. The van der Waals surface area contributed by atoms with E-state index in [9.17, 15) is 19.5 Å². The normalized spacial score (nSPS) is 13.0. The van der Waals surface area contributed by atoms with Crippen LogP contribution in [0.5, 0.6) is 5.75 Å². The van der Waals surface area contributed by atoms with Gasteiger partial charge in [0.2, 0.25) is 0 Å². The smallest absolute Gasteiger partial charge is 0.410 e. The zero-order valence-electron chi connectivity index (χ0n) is 21.1. The van der Waals surface area contributed by atoms with Crippen molar-refractivity contribution >= 4 is 23.2 Å². The third kappa shape index (κ3) is 9.02. The molecule has 0 bridgehead atoms. The molecule has 2 rings (SSSR count). The van der Waals surface area contributed by atoms with Crippen molar-refractivity contribution in [2.45, 2.75) is 78.1 Å². The van der Waals surface area contributed by atoms with Crippen molar-refractivity contribution < 1.29 is 23.8 Å². The monoisotopic (exact) mass is 503 g/mol. The Balaban J connectivity index is 1.93. The first-order valence-corrected chi connectivity index (χ1v) is 13.1. The average molecular weight is 504 g/mol.